The van der Waals surface area contributed by atoms with Gasteiger partial charge in [-0.3, -0.25) is 4.79 Å². The third-order valence-corrected chi connectivity index (χ3v) is 5.82. The Bertz CT molecular complexity index is 952. The maximum Gasteiger partial charge on any atom is 0.264 e. The Labute approximate surface area is 165 Å². The standard InChI is InChI=1S/C23H23N3O2/c24-14-18-6-7-21-20(13-18)23(16-28-21)8-10-26(11-9-23)22(27)19(15-25)12-17-4-2-1-3-5-17/h1-7,12-13H,8-11,14,16,24H2/b19-12+. The molecule has 1 spiro atoms. The molecule has 0 unspecified atom stereocenters. The van der Waals surface area contributed by atoms with E-state index in [0.29, 0.717) is 26.2 Å². The van der Waals surface area contributed by atoms with Crippen LogP contribution in [0.3, 0.4) is 0 Å². The van der Waals surface area contributed by atoms with E-state index in [-0.39, 0.29) is 16.9 Å². The van der Waals surface area contributed by atoms with Crippen molar-refractivity contribution in [2.24, 2.45) is 5.73 Å². The zero-order valence-corrected chi connectivity index (χ0v) is 15.7. The summed E-state index contributed by atoms with van der Waals surface area (Å²) >= 11 is 0. The Kier molecular flexibility index (Phi) is 4.89. The summed E-state index contributed by atoms with van der Waals surface area (Å²) in [5.74, 6) is 0.731. The number of amides is 1. The molecule has 2 aromatic rings. The van der Waals surface area contributed by atoms with Crippen molar-refractivity contribution in [1.82, 2.24) is 4.90 Å². The summed E-state index contributed by atoms with van der Waals surface area (Å²) in [7, 11) is 0. The number of carbonyl (C=O) groups excluding carboxylic acids is 1. The maximum absolute atomic E-state index is 12.9. The van der Waals surface area contributed by atoms with Crippen LogP contribution in [0.15, 0.2) is 54.1 Å². The van der Waals surface area contributed by atoms with Crippen molar-refractivity contribution < 1.29 is 9.53 Å². The molecular weight excluding hydrogens is 350 g/mol. The number of nitriles is 1. The lowest BCUT2D eigenvalue weighted by Gasteiger charge is -2.38. The minimum atomic E-state index is -0.198. The summed E-state index contributed by atoms with van der Waals surface area (Å²) in [5, 5.41) is 9.48. The largest absolute Gasteiger partial charge is 0.492 e. The highest BCUT2D eigenvalue weighted by Gasteiger charge is 2.44. The van der Waals surface area contributed by atoms with E-state index in [4.69, 9.17) is 10.5 Å². The van der Waals surface area contributed by atoms with Crippen molar-refractivity contribution in [3.05, 3.63) is 70.8 Å². The van der Waals surface area contributed by atoms with E-state index >= 15 is 0 Å². The van der Waals surface area contributed by atoms with Crippen LogP contribution in [-0.4, -0.2) is 30.5 Å². The number of hydrogen-bond donors (Lipinski definition) is 1. The normalized spacial score (nSPS) is 17.7. The average molecular weight is 373 g/mol. The number of nitrogens with two attached hydrogens (primary N) is 1. The summed E-state index contributed by atoms with van der Waals surface area (Å²) in [4.78, 5) is 14.7. The quantitative estimate of drug-likeness (QED) is 0.663. The van der Waals surface area contributed by atoms with Crippen LogP contribution in [0.5, 0.6) is 5.75 Å². The predicted octanol–water partition coefficient (Wildman–Crippen LogP) is 3.01. The molecule has 0 radical (unpaired) electrons. The fourth-order valence-electron chi connectivity index (χ4n) is 4.12. The number of rotatable bonds is 3. The Hall–Kier alpha value is -3.10. The third-order valence-electron chi connectivity index (χ3n) is 5.82. The van der Waals surface area contributed by atoms with Crippen LogP contribution in [0.1, 0.15) is 29.5 Å². The fourth-order valence-corrected chi connectivity index (χ4v) is 4.12. The third kappa shape index (κ3) is 3.28. The van der Waals surface area contributed by atoms with E-state index in [2.05, 4.69) is 12.1 Å². The molecule has 4 rings (SSSR count). The minimum Gasteiger partial charge on any atom is -0.492 e. The molecule has 2 aliphatic heterocycles. The smallest absolute Gasteiger partial charge is 0.264 e. The number of benzene rings is 2. The number of ether oxygens (including phenoxy) is 1. The molecule has 2 aromatic carbocycles. The van der Waals surface area contributed by atoms with Gasteiger partial charge in [0.15, 0.2) is 0 Å². The van der Waals surface area contributed by atoms with Crippen LogP contribution >= 0.6 is 0 Å². The first kappa shape index (κ1) is 18.3. The lowest BCUT2D eigenvalue weighted by molar-refractivity contribution is -0.128. The fraction of sp³-hybridized carbons (Fsp3) is 0.304. The van der Waals surface area contributed by atoms with Crippen molar-refractivity contribution >= 4 is 12.0 Å². The van der Waals surface area contributed by atoms with Gasteiger partial charge in [0.25, 0.3) is 5.91 Å². The van der Waals surface area contributed by atoms with E-state index in [1.165, 1.54) is 5.56 Å². The van der Waals surface area contributed by atoms with Crippen LogP contribution in [0.2, 0.25) is 0 Å². The Morgan fingerprint density at radius 3 is 2.64 bits per heavy atom. The van der Waals surface area contributed by atoms with Gasteiger partial charge in [-0.2, -0.15) is 5.26 Å². The van der Waals surface area contributed by atoms with Gasteiger partial charge in [-0.25, -0.2) is 0 Å². The first-order chi connectivity index (χ1) is 13.6. The molecular formula is C23H23N3O2. The van der Waals surface area contributed by atoms with Gasteiger partial charge in [0.2, 0.25) is 0 Å². The van der Waals surface area contributed by atoms with Gasteiger partial charge in [0.05, 0.1) is 6.61 Å². The van der Waals surface area contributed by atoms with E-state index in [0.717, 1.165) is 29.7 Å². The molecule has 0 aliphatic carbocycles. The van der Waals surface area contributed by atoms with Gasteiger partial charge in [-0.1, -0.05) is 42.5 Å². The molecule has 5 heteroatoms. The molecule has 1 fully saturated rings. The maximum atomic E-state index is 12.9. The second kappa shape index (κ2) is 7.49. The summed E-state index contributed by atoms with van der Waals surface area (Å²) in [6.45, 7) is 2.37. The Balaban J connectivity index is 1.50. The molecule has 0 atom stereocenters. The zero-order chi connectivity index (χ0) is 19.6. The molecule has 2 N–H and O–H groups in total. The molecule has 2 heterocycles. The minimum absolute atomic E-state index is 0.0623. The van der Waals surface area contributed by atoms with Gasteiger partial charge >= 0.3 is 0 Å². The number of piperidine rings is 1. The highest BCUT2D eigenvalue weighted by Crippen LogP contribution is 2.45. The monoisotopic (exact) mass is 373 g/mol. The van der Waals surface area contributed by atoms with Gasteiger partial charge < -0.3 is 15.4 Å². The highest BCUT2D eigenvalue weighted by molar-refractivity contribution is 6.01. The number of fused-ring (bicyclic) bond motifs is 2. The van der Waals surface area contributed by atoms with Crippen LogP contribution in [0.25, 0.3) is 6.08 Å². The molecule has 0 bridgehead atoms. The van der Waals surface area contributed by atoms with Gasteiger partial charge in [-0.05, 0) is 36.1 Å². The van der Waals surface area contributed by atoms with Crippen molar-refractivity contribution in [3.8, 4) is 11.8 Å². The van der Waals surface area contributed by atoms with Crippen LogP contribution in [-0.2, 0) is 16.8 Å². The molecule has 142 valence electrons. The predicted molar refractivity (Wildman–Crippen MR) is 107 cm³/mol. The second-order valence-corrected chi connectivity index (χ2v) is 7.48. The van der Waals surface area contributed by atoms with Crippen LogP contribution in [0, 0.1) is 11.3 Å². The van der Waals surface area contributed by atoms with Crippen molar-refractivity contribution in [3.63, 3.8) is 0 Å². The molecule has 0 saturated carbocycles. The summed E-state index contributed by atoms with van der Waals surface area (Å²) < 4.78 is 5.93. The first-order valence-corrected chi connectivity index (χ1v) is 9.58. The molecule has 5 nitrogen and oxygen atoms in total. The molecule has 28 heavy (non-hydrogen) atoms. The number of likely N-dealkylation sites (tertiary alicyclic amines) is 1. The number of nitrogens with zero attached hydrogens (tertiary/aromatic N) is 2. The molecule has 0 aromatic heterocycles. The topological polar surface area (TPSA) is 79.3 Å². The van der Waals surface area contributed by atoms with E-state index in [9.17, 15) is 10.1 Å². The van der Waals surface area contributed by atoms with E-state index in [1.54, 1.807) is 11.0 Å². The average Bonchev–Trinajstić information content (AvgIpc) is 3.10. The summed E-state index contributed by atoms with van der Waals surface area (Å²) in [6, 6.07) is 17.7. The van der Waals surface area contributed by atoms with Crippen molar-refractivity contribution in [1.29, 1.82) is 5.26 Å². The summed E-state index contributed by atoms with van der Waals surface area (Å²) in [5.41, 5.74) is 9.08. The van der Waals surface area contributed by atoms with Gasteiger partial charge in [0.1, 0.15) is 17.4 Å². The lowest BCUT2D eigenvalue weighted by Crippen LogP contribution is -2.46. The van der Waals surface area contributed by atoms with Crippen molar-refractivity contribution in [2.45, 2.75) is 24.8 Å². The zero-order valence-electron chi connectivity index (χ0n) is 15.7. The van der Waals surface area contributed by atoms with E-state index in [1.807, 2.05) is 42.5 Å². The Morgan fingerprint density at radius 1 is 1.21 bits per heavy atom. The Morgan fingerprint density at radius 2 is 1.96 bits per heavy atom. The van der Waals surface area contributed by atoms with Gasteiger partial charge in [-0.15, -0.1) is 0 Å². The summed E-state index contributed by atoms with van der Waals surface area (Å²) in [6.07, 6.45) is 3.31. The molecule has 2 aliphatic rings. The first-order valence-electron chi connectivity index (χ1n) is 9.58. The van der Waals surface area contributed by atoms with E-state index < -0.39 is 0 Å². The molecule has 1 saturated heterocycles. The number of carbonyl (C=O) groups is 1. The van der Waals surface area contributed by atoms with Crippen LogP contribution in [0.4, 0.5) is 0 Å². The van der Waals surface area contributed by atoms with Crippen LogP contribution < -0.4 is 10.5 Å². The number of hydrogen-bond acceptors (Lipinski definition) is 4. The van der Waals surface area contributed by atoms with Crippen molar-refractivity contribution in [2.75, 3.05) is 19.7 Å². The highest BCUT2D eigenvalue weighted by atomic mass is 16.5. The second-order valence-electron chi connectivity index (χ2n) is 7.48. The SMILES string of the molecule is N#C/C(=C\c1ccccc1)C(=O)N1CCC2(CC1)COc1ccc(CN)cc12. The lowest BCUT2D eigenvalue weighted by atomic mass is 9.74. The van der Waals surface area contributed by atoms with Gasteiger partial charge in [0, 0.05) is 30.6 Å². The molecule has 1 amide bonds.